The van der Waals surface area contributed by atoms with E-state index in [1.54, 1.807) is 0 Å². The molecule has 1 aromatic carbocycles. The topological polar surface area (TPSA) is 53.0 Å². The molecule has 3 aliphatic rings. The molecular weight excluding hydrogens is 470 g/mol. The highest BCUT2D eigenvalue weighted by Crippen LogP contribution is 2.50. The van der Waals surface area contributed by atoms with Crippen molar-refractivity contribution >= 4 is 18.0 Å². The molecule has 4 rings (SSSR count). The van der Waals surface area contributed by atoms with Crippen molar-refractivity contribution in [2.75, 3.05) is 7.05 Å². The third-order valence-electron chi connectivity index (χ3n) is 9.58. The number of carbonyl (C=O) groups is 2. The third-order valence-corrected chi connectivity index (χ3v) is 9.58. The molecule has 2 saturated carbocycles. The van der Waals surface area contributed by atoms with Crippen LogP contribution in [0.5, 0.6) is 0 Å². The second kappa shape index (κ2) is 11.1. The Kier molecular flexibility index (Phi) is 8.45. The molecule has 2 aliphatic carbocycles. The van der Waals surface area contributed by atoms with Crippen molar-refractivity contribution in [2.45, 2.75) is 130 Å². The summed E-state index contributed by atoms with van der Waals surface area (Å²) in [6, 6.07) is 8.24. The van der Waals surface area contributed by atoms with Crippen LogP contribution in [0.3, 0.4) is 0 Å². The zero-order chi connectivity index (χ0) is 27.7. The van der Waals surface area contributed by atoms with Gasteiger partial charge in [-0.1, -0.05) is 85.1 Å². The van der Waals surface area contributed by atoms with Gasteiger partial charge in [0, 0.05) is 18.7 Å². The van der Waals surface area contributed by atoms with E-state index < -0.39 is 5.66 Å². The van der Waals surface area contributed by atoms with E-state index in [-0.39, 0.29) is 22.8 Å². The van der Waals surface area contributed by atoms with E-state index in [0.29, 0.717) is 23.4 Å². The van der Waals surface area contributed by atoms with Crippen LogP contribution in [0.4, 0.5) is 0 Å². The highest BCUT2D eigenvalue weighted by Gasteiger charge is 2.53. The van der Waals surface area contributed by atoms with Crippen LogP contribution in [-0.4, -0.2) is 46.6 Å². The lowest BCUT2D eigenvalue weighted by molar-refractivity contribution is -0.134. The largest absolute Gasteiger partial charge is 0.352 e. The van der Waals surface area contributed by atoms with Crippen LogP contribution in [0.1, 0.15) is 134 Å². The van der Waals surface area contributed by atoms with E-state index in [2.05, 4.69) is 70.5 Å². The zero-order valence-corrected chi connectivity index (χ0v) is 25.1. The van der Waals surface area contributed by atoms with Gasteiger partial charge in [-0.15, -0.1) is 0 Å². The third kappa shape index (κ3) is 6.18. The van der Waals surface area contributed by atoms with Gasteiger partial charge in [0.1, 0.15) is 11.9 Å². The number of hydrogen-bond donors (Lipinski definition) is 0. The lowest BCUT2D eigenvalue weighted by atomic mass is 9.69. The molecule has 2 fully saturated rings. The molecule has 38 heavy (non-hydrogen) atoms. The number of nitrogens with zero attached hydrogens (tertiary/aromatic N) is 3. The normalized spacial score (nSPS) is 26.0. The van der Waals surface area contributed by atoms with Gasteiger partial charge in [-0.25, -0.2) is 4.99 Å². The molecule has 0 saturated heterocycles. The van der Waals surface area contributed by atoms with Crippen molar-refractivity contribution in [1.29, 1.82) is 0 Å². The number of amides is 1. The maximum atomic E-state index is 14.5. The van der Waals surface area contributed by atoms with Gasteiger partial charge in [-0.3, -0.25) is 9.59 Å². The molecule has 5 nitrogen and oxygen atoms in total. The summed E-state index contributed by atoms with van der Waals surface area (Å²) in [7, 11) is 2.10. The number of rotatable bonds is 6. The molecule has 1 heterocycles. The van der Waals surface area contributed by atoms with E-state index >= 15 is 0 Å². The number of amidine groups is 1. The Balaban J connectivity index is 1.74. The lowest BCUT2D eigenvalue weighted by Gasteiger charge is -2.47. The first-order valence-electron chi connectivity index (χ1n) is 15.1. The SMILES string of the molecule is CN(C1=NC2(CCC(C(C)(C)C)CC2)N([C@H](CCC(C)(C)C)c2ccc(C=O)cc2)C1=O)C1CCCCC1. The maximum absolute atomic E-state index is 14.5. The Labute approximate surface area is 231 Å². The van der Waals surface area contributed by atoms with Gasteiger partial charge >= 0.3 is 0 Å². The highest BCUT2D eigenvalue weighted by molar-refractivity contribution is 6.39. The van der Waals surface area contributed by atoms with E-state index in [0.717, 1.165) is 63.2 Å². The first-order chi connectivity index (χ1) is 17.8. The van der Waals surface area contributed by atoms with Crippen molar-refractivity contribution in [3.05, 3.63) is 35.4 Å². The number of hydrogen-bond acceptors (Lipinski definition) is 4. The smallest absolute Gasteiger partial charge is 0.291 e. The second-order valence-electron chi connectivity index (χ2n) is 14.5. The van der Waals surface area contributed by atoms with Crippen molar-refractivity contribution in [3.63, 3.8) is 0 Å². The number of benzene rings is 1. The van der Waals surface area contributed by atoms with Gasteiger partial charge in [0.15, 0.2) is 5.84 Å². The number of aldehydes is 1. The van der Waals surface area contributed by atoms with E-state index in [4.69, 9.17) is 4.99 Å². The first kappa shape index (κ1) is 28.8. The number of likely N-dealkylation sites (N-methyl/N-ethyl adjacent to an activating group) is 1. The summed E-state index contributed by atoms with van der Waals surface area (Å²) in [5, 5.41) is 0. The number of carbonyl (C=O) groups excluding carboxylic acids is 2. The van der Waals surface area contributed by atoms with Crippen LogP contribution in [0.2, 0.25) is 0 Å². The molecule has 5 heteroatoms. The average molecular weight is 522 g/mol. The molecule has 1 aliphatic heterocycles. The standard InChI is InChI=1S/C33H51N3O2/c1-31(2,3)20-19-28(25-15-13-24(23-37)14-16-25)36-30(38)29(35(7)27-11-9-8-10-12-27)34-33(36)21-17-26(18-22-33)32(4,5)6/h13-16,23,26-28H,8-12,17-22H2,1-7H3/t26?,28-,33?/m1/s1. The molecule has 0 aromatic heterocycles. The molecule has 0 N–H and O–H groups in total. The van der Waals surface area contributed by atoms with Crippen LogP contribution in [0.25, 0.3) is 0 Å². The molecule has 210 valence electrons. The van der Waals surface area contributed by atoms with Gasteiger partial charge in [0.2, 0.25) is 0 Å². The maximum Gasteiger partial charge on any atom is 0.291 e. The van der Waals surface area contributed by atoms with Crippen LogP contribution < -0.4 is 0 Å². The van der Waals surface area contributed by atoms with Crippen LogP contribution in [0, 0.1) is 16.7 Å². The van der Waals surface area contributed by atoms with Gasteiger partial charge in [-0.05, 0) is 73.7 Å². The van der Waals surface area contributed by atoms with Crippen molar-refractivity contribution in [3.8, 4) is 0 Å². The fourth-order valence-corrected chi connectivity index (χ4v) is 7.01. The number of aliphatic imine (C=N–C) groups is 1. The van der Waals surface area contributed by atoms with Gasteiger partial charge in [-0.2, -0.15) is 0 Å². The average Bonchev–Trinajstić information content (AvgIpc) is 3.15. The minimum atomic E-state index is -0.483. The molecule has 1 amide bonds. The van der Waals surface area contributed by atoms with Crippen LogP contribution >= 0.6 is 0 Å². The minimum absolute atomic E-state index is 0.0605. The first-order valence-corrected chi connectivity index (χ1v) is 15.1. The summed E-state index contributed by atoms with van der Waals surface area (Å²) in [4.78, 5) is 35.7. The summed E-state index contributed by atoms with van der Waals surface area (Å²) < 4.78 is 0. The monoisotopic (exact) mass is 521 g/mol. The summed E-state index contributed by atoms with van der Waals surface area (Å²) in [6.45, 7) is 13.9. The van der Waals surface area contributed by atoms with Crippen LogP contribution in [0.15, 0.2) is 29.3 Å². The quantitative estimate of drug-likeness (QED) is 0.359. The molecule has 1 spiro atoms. The van der Waals surface area contributed by atoms with Crippen LogP contribution in [-0.2, 0) is 4.79 Å². The van der Waals surface area contributed by atoms with Gasteiger partial charge < -0.3 is 9.80 Å². The molecule has 0 bridgehead atoms. The predicted octanol–water partition coefficient (Wildman–Crippen LogP) is 7.80. The van der Waals surface area contributed by atoms with E-state index in [1.807, 2.05) is 12.1 Å². The Morgan fingerprint density at radius 1 is 1.00 bits per heavy atom. The van der Waals surface area contributed by atoms with E-state index in [1.165, 1.54) is 19.3 Å². The highest BCUT2D eigenvalue weighted by atomic mass is 16.2. The van der Waals surface area contributed by atoms with Crippen molar-refractivity contribution < 1.29 is 9.59 Å². The Morgan fingerprint density at radius 3 is 2.13 bits per heavy atom. The van der Waals surface area contributed by atoms with Crippen molar-refractivity contribution in [2.24, 2.45) is 21.7 Å². The zero-order valence-electron chi connectivity index (χ0n) is 25.1. The molecule has 1 aromatic rings. The molecule has 0 radical (unpaired) electrons. The van der Waals surface area contributed by atoms with Gasteiger partial charge in [0.25, 0.3) is 5.91 Å². The summed E-state index contributed by atoms with van der Waals surface area (Å²) in [5.74, 6) is 1.42. The Morgan fingerprint density at radius 2 is 1.61 bits per heavy atom. The summed E-state index contributed by atoms with van der Waals surface area (Å²) >= 11 is 0. The Bertz CT molecular complexity index is 1000. The van der Waals surface area contributed by atoms with Crippen molar-refractivity contribution in [1.82, 2.24) is 9.80 Å². The summed E-state index contributed by atoms with van der Waals surface area (Å²) in [6.07, 6.45) is 12.8. The molecular formula is C33H51N3O2. The van der Waals surface area contributed by atoms with E-state index in [9.17, 15) is 9.59 Å². The molecule has 1 atom stereocenters. The lowest BCUT2D eigenvalue weighted by Crippen LogP contribution is -2.52. The fourth-order valence-electron chi connectivity index (χ4n) is 7.01. The summed E-state index contributed by atoms with van der Waals surface area (Å²) in [5.41, 5.74) is 1.72. The second-order valence-corrected chi connectivity index (χ2v) is 14.5. The van der Waals surface area contributed by atoms with Gasteiger partial charge in [0.05, 0.1) is 6.04 Å². The minimum Gasteiger partial charge on any atom is -0.352 e. The Hall–Kier alpha value is -2.17. The molecule has 0 unspecified atom stereocenters. The fraction of sp³-hybridized carbons (Fsp3) is 0.727. The predicted molar refractivity (Wildman–Crippen MR) is 156 cm³/mol.